The molecule has 2 N–H and O–H groups in total. The SMILES string of the molecule is C=C(C)CN1CCC(NC(=NC)NCCCc2ccc(OC)c(OCC)c2)CC1. The normalized spacial score (nSPS) is 15.8. The molecule has 2 rings (SSSR count). The van der Waals surface area contributed by atoms with Crippen molar-refractivity contribution in [3.05, 3.63) is 35.9 Å². The van der Waals surface area contributed by atoms with Crippen molar-refractivity contribution in [2.75, 3.05) is 46.9 Å². The van der Waals surface area contributed by atoms with Crippen LogP contribution in [0, 0.1) is 0 Å². The highest BCUT2D eigenvalue weighted by Crippen LogP contribution is 2.28. The Morgan fingerprint density at radius 3 is 2.66 bits per heavy atom. The van der Waals surface area contributed by atoms with Gasteiger partial charge in [0.15, 0.2) is 17.5 Å². The average Bonchev–Trinajstić information content (AvgIpc) is 2.71. The number of nitrogens with one attached hydrogen (secondary N) is 2. The molecule has 0 unspecified atom stereocenters. The molecule has 0 amide bonds. The molecule has 162 valence electrons. The number of nitrogens with zero attached hydrogens (tertiary/aromatic N) is 2. The maximum Gasteiger partial charge on any atom is 0.191 e. The fourth-order valence-electron chi connectivity index (χ4n) is 3.65. The summed E-state index contributed by atoms with van der Waals surface area (Å²) in [7, 11) is 3.51. The quantitative estimate of drug-likeness (QED) is 0.272. The van der Waals surface area contributed by atoms with E-state index in [-0.39, 0.29) is 0 Å². The summed E-state index contributed by atoms with van der Waals surface area (Å²) < 4.78 is 11.0. The van der Waals surface area contributed by atoms with Crippen LogP contribution in [0.15, 0.2) is 35.3 Å². The number of rotatable bonds is 10. The van der Waals surface area contributed by atoms with Gasteiger partial charge in [0, 0.05) is 39.3 Å². The maximum absolute atomic E-state index is 5.67. The lowest BCUT2D eigenvalue weighted by Gasteiger charge is -2.33. The number of hydrogen-bond donors (Lipinski definition) is 2. The Morgan fingerprint density at radius 2 is 2.03 bits per heavy atom. The van der Waals surface area contributed by atoms with Crippen molar-refractivity contribution < 1.29 is 9.47 Å². The number of piperidine rings is 1. The third-order valence-electron chi connectivity index (χ3n) is 5.11. The summed E-state index contributed by atoms with van der Waals surface area (Å²) in [4.78, 5) is 6.86. The first-order valence-electron chi connectivity index (χ1n) is 10.7. The second-order valence-corrected chi connectivity index (χ2v) is 7.67. The first-order chi connectivity index (χ1) is 14.0. The number of ether oxygens (including phenoxy) is 2. The molecule has 0 saturated carbocycles. The highest BCUT2D eigenvalue weighted by molar-refractivity contribution is 5.79. The van der Waals surface area contributed by atoms with Gasteiger partial charge < -0.3 is 20.1 Å². The van der Waals surface area contributed by atoms with Gasteiger partial charge in [0.05, 0.1) is 13.7 Å². The molecule has 0 aliphatic carbocycles. The molecule has 0 aromatic heterocycles. The van der Waals surface area contributed by atoms with Crippen LogP contribution in [0.25, 0.3) is 0 Å². The Labute approximate surface area is 176 Å². The molecule has 0 radical (unpaired) electrons. The van der Waals surface area contributed by atoms with Crippen LogP contribution in [0.4, 0.5) is 0 Å². The molecule has 1 heterocycles. The van der Waals surface area contributed by atoms with Crippen molar-refractivity contribution in [2.24, 2.45) is 4.99 Å². The smallest absolute Gasteiger partial charge is 0.191 e. The number of likely N-dealkylation sites (tertiary alicyclic amines) is 1. The van der Waals surface area contributed by atoms with Crippen molar-refractivity contribution in [3.8, 4) is 11.5 Å². The monoisotopic (exact) mass is 402 g/mol. The average molecular weight is 403 g/mol. The second kappa shape index (κ2) is 12.4. The fourth-order valence-corrected chi connectivity index (χ4v) is 3.65. The molecule has 29 heavy (non-hydrogen) atoms. The van der Waals surface area contributed by atoms with Gasteiger partial charge in [-0.15, -0.1) is 0 Å². The number of benzene rings is 1. The molecule has 0 spiro atoms. The maximum atomic E-state index is 5.67. The van der Waals surface area contributed by atoms with Crippen LogP contribution >= 0.6 is 0 Å². The first kappa shape index (κ1) is 23.1. The molecule has 1 aromatic rings. The number of aryl methyl sites for hydroxylation is 1. The molecule has 1 aliphatic rings. The van der Waals surface area contributed by atoms with Gasteiger partial charge in [-0.25, -0.2) is 0 Å². The molecule has 6 nitrogen and oxygen atoms in total. The summed E-state index contributed by atoms with van der Waals surface area (Å²) >= 11 is 0. The van der Waals surface area contributed by atoms with Crippen LogP contribution in [0.3, 0.4) is 0 Å². The molecule has 1 saturated heterocycles. The third-order valence-corrected chi connectivity index (χ3v) is 5.11. The Morgan fingerprint density at radius 1 is 1.28 bits per heavy atom. The van der Waals surface area contributed by atoms with Crippen LogP contribution in [0.5, 0.6) is 11.5 Å². The van der Waals surface area contributed by atoms with Crippen molar-refractivity contribution in [1.29, 1.82) is 0 Å². The van der Waals surface area contributed by atoms with Gasteiger partial charge in [-0.2, -0.15) is 0 Å². The largest absolute Gasteiger partial charge is 0.493 e. The fraction of sp³-hybridized carbons (Fsp3) is 0.609. The lowest BCUT2D eigenvalue weighted by atomic mass is 10.0. The van der Waals surface area contributed by atoms with Crippen LogP contribution in [-0.2, 0) is 6.42 Å². The molecule has 0 bridgehead atoms. The van der Waals surface area contributed by atoms with Crippen molar-refractivity contribution in [3.63, 3.8) is 0 Å². The first-order valence-corrected chi connectivity index (χ1v) is 10.7. The molecule has 6 heteroatoms. The van der Waals surface area contributed by atoms with E-state index in [9.17, 15) is 0 Å². The number of aliphatic imine (C=N–C) groups is 1. The van der Waals surface area contributed by atoms with Crippen molar-refractivity contribution in [1.82, 2.24) is 15.5 Å². The predicted octanol–water partition coefficient (Wildman–Crippen LogP) is 3.23. The van der Waals surface area contributed by atoms with Crippen LogP contribution < -0.4 is 20.1 Å². The Balaban J connectivity index is 1.71. The van der Waals surface area contributed by atoms with E-state index >= 15 is 0 Å². The third kappa shape index (κ3) is 7.97. The lowest BCUT2D eigenvalue weighted by molar-refractivity contribution is 0.221. The molecule has 1 fully saturated rings. The van der Waals surface area contributed by atoms with Gasteiger partial charge in [0.1, 0.15) is 0 Å². The lowest BCUT2D eigenvalue weighted by Crippen LogP contribution is -2.49. The van der Waals surface area contributed by atoms with E-state index < -0.39 is 0 Å². The zero-order chi connectivity index (χ0) is 21.1. The minimum atomic E-state index is 0.484. The van der Waals surface area contributed by atoms with E-state index in [0.29, 0.717) is 12.6 Å². The van der Waals surface area contributed by atoms with E-state index in [1.807, 2.05) is 20.0 Å². The molecular weight excluding hydrogens is 364 g/mol. The summed E-state index contributed by atoms with van der Waals surface area (Å²) in [6.07, 6.45) is 4.28. The van der Waals surface area contributed by atoms with Crippen LogP contribution in [0.1, 0.15) is 38.7 Å². The summed E-state index contributed by atoms with van der Waals surface area (Å²) in [5.41, 5.74) is 2.49. The van der Waals surface area contributed by atoms with Crippen LogP contribution in [-0.4, -0.2) is 63.8 Å². The number of guanidine groups is 1. The zero-order valence-electron chi connectivity index (χ0n) is 18.6. The minimum absolute atomic E-state index is 0.484. The van der Waals surface area contributed by atoms with E-state index in [1.54, 1.807) is 7.11 Å². The van der Waals surface area contributed by atoms with Crippen molar-refractivity contribution >= 4 is 5.96 Å². The molecule has 0 atom stereocenters. The van der Waals surface area contributed by atoms with Gasteiger partial charge in [-0.1, -0.05) is 18.2 Å². The van der Waals surface area contributed by atoms with Gasteiger partial charge in [-0.3, -0.25) is 9.89 Å². The highest BCUT2D eigenvalue weighted by atomic mass is 16.5. The Kier molecular flexibility index (Phi) is 9.84. The summed E-state index contributed by atoms with van der Waals surface area (Å²) in [6, 6.07) is 6.65. The minimum Gasteiger partial charge on any atom is -0.493 e. The van der Waals surface area contributed by atoms with Gasteiger partial charge >= 0.3 is 0 Å². The van der Waals surface area contributed by atoms with E-state index in [1.165, 1.54) is 11.1 Å². The Hall–Kier alpha value is -2.21. The molecule has 1 aliphatic heterocycles. The number of methoxy groups -OCH3 is 1. The van der Waals surface area contributed by atoms with Crippen molar-refractivity contribution in [2.45, 2.75) is 45.6 Å². The highest BCUT2D eigenvalue weighted by Gasteiger charge is 2.19. The zero-order valence-corrected chi connectivity index (χ0v) is 18.6. The van der Waals surface area contributed by atoms with E-state index in [2.05, 4.69) is 46.2 Å². The van der Waals surface area contributed by atoms with Gasteiger partial charge in [-0.05, 0) is 57.2 Å². The second-order valence-electron chi connectivity index (χ2n) is 7.67. The molecule has 1 aromatic carbocycles. The van der Waals surface area contributed by atoms with E-state index in [4.69, 9.17) is 9.47 Å². The summed E-state index contributed by atoms with van der Waals surface area (Å²) in [5.74, 6) is 2.50. The van der Waals surface area contributed by atoms with E-state index in [0.717, 1.165) is 69.3 Å². The van der Waals surface area contributed by atoms with Gasteiger partial charge in [0.25, 0.3) is 0 Å². The Bertz CT molecular complexity index is 667. The topological polar surface area (TPSA) is 58.1 Å². The summed E-state index contributed by atoms with van der Waals surface area (Å²) in [6.45, 7) is 12.8. The van der Waals surface area contributed by atoms with Crippen LogP contribution in [0.2, 0.25) is 0 Å². The predicted molar refractivity (Wildman–Crippen MR) is 121 cm³/mol. The molecular formula is C23H38N4O2. The standard InChI is InChI=1S/C23H38N4O2/c1-6-29-22-16-19(9-10-21(22)28-5)8-7-13-25-23(24-4)26-20-11-14-27(15-12-20)17-18(2)3/h9-10,16,20H,2,6-8,11-15,17H2,1,3-5H3,(H2,24,25,26). The summed E-state index contributed by atoms with van der Waals surface area (Å²) in [5, 5.41) is 7.02. The number of hydrogen-bond acceptors (Lipinski definition) is 4. The van der Waals surface area contributed by atoms with Gasteiger partial charge in [0.2, 0.25) is 0 Å².